The third kappa shape index (κ3) is 12.7. The smallest absolute Gasteiger partial charge is 0.0465 e. The van der Waals surface area contributed by atoms with Crippen molar-refractivity contribution in [2.45, 2.75) is 90.5 Å². The van der Waals surface area contributed by atoms with Gasteiger partial charge >= 0.3 is 0 Å². The zero-order valence-electron chi connectivity index (χ0n) is 13.6. The first kappa shape index (κ1) is 18.9. The molecule has 0 aliphatic heterocycles. The molecule has 2 unspecified atom stereocenters. The number of rotatable bonds is 14. The monoisotopic (exact) mass is 271 g/mol. The van der Waals surface area contributed by atoms with Crippen molar-refractivity contribution in [1.82, 2.24) is 0 Å². The van der Waals surface area contributed by atoms with Gasteiger partial charge in [0, 0.05) is 19.8 Å². The van der Waals surface area contributed by atoms with Gasteiger partial charge in [0.05, 0.1) is 0 Å². The molecule has 0 radical (unpaired) electrons. The predicted molar refractivity (Wildman–Crippen MR) is 85.5 cm³/mol. The summed E-state index contributed by atoms with van der Waals surface area (Å²) in [6, 6.07) is 0.361. The highest BCUT2D eigenvalue weighted by Gasteiger charge is 2.11. The van der Waals surface area contributed by atoms with Crippen molar-refractivity contribution >= 4 is 0 Å². The summed E-state index contributed by atoms with van der Waals surface area (Å²) in [6.45, 7) is 5.36. The molecule has 2 nitrogen and oxygen atoms in total. The molecule has 0 amide bonds. The van der Waals surface area contributed by atoms with Crippen LogP contribution in [-0.2, 0) is 4.74 Å². The molecule has 0 spiro atoms. The number of nitrogens with two attached hydrogens (primary N) is 1. The minimum Gasteiger partial charge on any atom is -0.385 e. The molecule has 0 aromatic heterocycles. The Labute approximate surface area is 121 Å². The van der Waals surface area contributed by atoms with Crippen molar-refractivity contribution in [3.05, 3.63) is 0 Å². The lowest BCUT2D eigenvalue weighted by Crippen LogP contribution is -2.28. The van der Waals surface area contributed by atoms with Crippen LogP contribution in [0.4, 0.5) is 0 Å². The molecule has 0 aliphatic carbocycles. The molecular weight excluding hydrogens is 234 g/mol. The first-order valence-electron chi connectivity index (χ1n) is 8.46. The van der Waals surface area contributed by atoms with Crippen molar-refractivity contribution in [3.8, 4) is 0 Å². The highest BCUT2D eigenvalue weighted by atomic mass is 16.5. The molecule has 2 heteroatoms. The lowest BCUT2D eigenvalue weighted by molar-refractivity contribution is 0.173. The normalized spacial score (nSPS) is 14.5. The Balaban J connectivity index is 3.24. The van der Waals surface area contributed by atoms with Crippen LogP contribution in [0.25, 0.3) is 0 Å². The van der Waals surface area contributed by atoms with Crippen LogP contribution in [0.3, 0.4) is 0 Å². The molecule has 0 bridgehead atoms. The van der Waals surface area contributed by atoms with Crippen molar-refractivity contribution in [3.63, 3.8) is 0 Å². The van der Waals surface area contributed by atoms with Crippen LogP contribution < -0.4 is 5.73 Å². The Morgan fingerprint density at radius 3 is 1.89 bits per heavy atom. The van der Waals surface area contributed by atoms with E-state index in [9.17, 15) is 0 Å². The molecule has 19 heavy (non-hydrogen) atoms. The van der Waals surface area contributed by atoms with Gasteiger partial charge in [-0.05, 0) is 18.8 Å². The fourth-order valence-corrected chi connectivity index (χ4v) is 2.49. The van der Waals surface area contributed by atoms with E-state index < -0.39 is 0 Å². The van der Waals surface area contributed by atoms with Gasteiger partial charge in [0.2, 0.25) is 0 Å². The average molecular weight is 271 g/mol. The Kier molecular flexibility index (Phi) is 14.3. The SMILES string of the molecule is CCCCCCCCCCCC(N)C(C)CCOC. The van der Waals surface area contributed by atoms with Crippen LogP contribution in [0.2, 0.25) is 0 Å². The molecule has 0 aromatic carbocycles. The summed E-state index contributed by atoms with van der Waals surface area (Å²) >= 11 is 0. The van der Waals surface area contributed by atoms with Gasteiger partial charge in [-0.25, -0.2) is 0 Å². The van der Waals surface area contributed by atoms with E-state index in [1.165, 1.54) is 64.2 Å². The molecule has 0 fully saturated rings. The summed E-state index contributed by atoms with van der Waals surface area (Å²) < 4.78 is 5.10. The molecule has 0 saturated heterocycles. The van der Waals surface area contributed by atoms with Crippen LogP contribution >= 0.6 is 0 Å². The minimum absolute atomic E-state index is 0.361. The average Bonchev–Trinajstić information content (AvgIpc) is 2.42. The highest BCUT2D eigenvalue weighted by Crippen LogP contribution is 2.15. The van der Waals surface area contributed by atoms with Crippen LogP contribution in [-0.4, -0.2) is 19.8 Å². The maximum absolute atomic E-state index is 6.20. The fourth-order valence-electron chi connectivity index (χ4n) is 2.49. The highest BCUT2D eigenvalue weighted by molar-refractivity contribution is 4.69. The zero-order valence-corrected chi connectivity index (χ0v) is 13.6. The third-order valence-electron chi connectivity index (χ3n) is 4.15. The minimum atomic E-state index is 0.361. The molecular formula is C17H37NO. The number of hydrogen-bond donors (Lipinski definition) is 1. The predicted octanol–water partition coefficient (Wildman–Crippen LogP) is 4.91. The summed E-state index contributed by atoms with van der Waals surface area (Å²) in [5, 5.41) is 0. The van der Waals surface area contributed by atoms with Gasteiger partial charge in [-0.2, -0.15) is 0 Å². The van der Waals surface area contributed by atoms with Crippen LogP contribution in [0.1, 0.15) is 84.5 Å². The van der Waals surface area contributed by atoms with Gasteiger partial charge in [-0.3, -0.25) is 0 Å². The molecule has 116 valence electrons. The van der Waals surface area contributed by atoms with E-state index in [0.29, 0.717) is 12.0 Å². The Hall–Kier alpha value is -0.0800. The van der Waals surface area contributed by atoms with E-state index >= 15 is 0 Å². The van der Waals surface area contributed by atoms with Crippen LogP contribution in [0.15, 0.2) is 0 Å². The third-order valence-corrected chi connectivity index (χ3v) is 4.15. The van der Waals surface area contributed by atoms with Gasteiger partial charge in [0.1, 0.15) is 0 Å². The molecule has 0 rings (SSSR count). The summed E-state index contributed by atoms with van der Waals surface area (Å²) in [5.41, 5.74) is 6.20. The lowest BCUT2D eigenvalue weighted by Gasteiger charge is -2.19. The van der Waals surface area contributed by atoms with E-state index in [1.54, 1.807) is 7.11 Å². The van der Waals surface area contributed by atoms with E-state index in [1.807, 2.05) is 0 Å². The van der Waals surface area contributed by atoms with Gasteiger partial charge in [0.15, 0.2) is 0 Å². The molecule has 2 atom stereocenters. The van der Waals surface area contributed by atoms with Crippen LogP contribution in [0, 0.1) is 5.92 Å². The van der Waals surface area contributed by atoms with Gasteiger partial charge in [-0.1, -0.05) is 71.6 Å². The van der Waals surface area contributed by atoms with Crippen LogP contribution in [0.5, 0.6) is 0 Å². The van der Waals surface area contributed by atoms with Crippen molar-refractivity contribution in [2.75, 3.05) is 13.7 Å². The molecule has 0 saturated carbocycles. The second-order valence-corrected chi connectivity index (χ2v) is 6.04. The van der Waals surface area contributed by atoms with E-state index in [-0.39, 0.29) is 0 Å². The summed E-state index contributed by atoms with van der Waals surface area (Å²) in [4.78, 5) is 0. The Morgan fingerprint density at radius 1 is 0.842 bits per heavy atom. The van der Waals surface area contributed by atoms with Crippen molar-refractivity contribution in [2.24, 2.45) is 11.7 Å². The maximum atomic E-state index is 6.20. The maximum Gasteiger partial charge on any atom is 0.0465 e. The van der Waals surface area contributed by atoms with Gasteiger partial charge < -0.3 is 10.5 Å². The first-order valence-corrected chi connectivity index (χ1v) is 8.46. The number of unbranched alkanes of at least 4 members (excludes halogenated alkanes) is 8. The quantitative estimate of drug-likeness (QED) is 0.456. The van der Waals surface area contributed by atoms with E-state index in [0.717, 1.165) is 13.0 Å². The second kappa shape index (κ2) is 14.3. The zero-order chi connectivity index (χ0) is 14.3. The summed E-state index contributed by atoms with van der Waals surface area (Å²) in [7, 11) is 1.76. The number of methoxy groups -OCH3 is 1. The Morgan fingerprint density at radius 2 is 1.37 bits per heavy atom. The molecule has 2 N–H and O–H groups in total. The fraction of sp³-hybridized carbons (Fsp3) is 1.00. The van der Waals surface area contributed by atoms with Gasteiger partial charge in [-0.15, -0.1) is 0 Å². The standard InChI is InChI=1S/C17H37NO/c1-4-5-6-7-8-9-10-11-12-13-17(18)16(2)14-15-19-3/h16-17H,4-15,18H2,1-3H3. The Bertz CT molecular complexity index is 173. The topological polar surface area (TPSA) is 35.2 Å². The number of hydrogen-bond acceptors (Lipinski definition) is 2. The van der Waals surface area contributed by atoms with Crippen molar-refractivity contribution < 1.29 is 4.74 Å². The summed E-state index contributed by atoms with van der Waals surface area (Å²) in [5.74, 6) is 0.592. The van der Waals surface area contributed by atoms with Crippen molar-refractivity contribution in [1.29, 1.82) is 0 Å². The van der Waals surface area contributed by atoms with E-state index in [4.69, 9.17) is 10.5 Å². The lowest BCUT2D eigenvalue weighted by atomic mass is 9.94. The molecule has 0 aliphatic rings. The van der Waals surface area contributed by atoms with Gasteiger partial charge in [0.25, 0.3) is 0 Å². The summed E-state index contributed by atoms with van der Waals surface area (Å²) in [6.07, 6.45) is 14.8. The number of ether oxygens (including phenoxy) is 1. The first-order chi connectivity index (χ1) is 9.22. The largest absolute Gasteiger partial charge is 0.385 e. The molecule has 0 aromatic rings. The van der Waals surface area contributed by atoms with E-state index in [2.05, 4.69) is 13.8 Å². The molecule has 0 heterocycles. The second-order valence-electron chi connectivity index (χ2n) is 6.04.